The van der Waals surface area contributed by atoms with Crippen LogP contribution >= 0.6 is 11.6 Å². The molecule has 0 N–H and O–H groups in total. The normalized spacial score (nSPS) is 10.6. The Morgan fingerprint density at radius 2 is 1.96 bits per heavy atom. The highest BCUT2D eigenvalue weighted by Crippen LogP contribution is 2.25. The number of rotatable bonds is 7. The van der Waals surface area contributed by atoms with E-state index in [1.165, 1.54) is 12.1 Å². The molecule has 0 radical (unpaired) electrons. The fourth-order valence-corrected chi connectivity index (χ4v) is 2.91. The number of nitrogens with zero attached hydrogens (tertiary/aromatic N) is 2. The van der Waals surface area contributed by atoms with E-state index < -0.39 is 23.2 Å². The second-order valence-electron chi connectivity index (χ2n) is 5.86. The number of hydrogen-bond acceptors (Lipinski definition) is 5. The summed E-state index contributed by atoms with van der Waals surface area (Å²) in [6.45, 7) is 6.18. The average Bonchev–Trinajstić information content (AvgIpc) is 2.88. The lowest BCUT2D eigenvalue weighted by Crippen LogP contribution is -2.15. The van der Waals surface area contributed by atoms with Crippen molar-refractivity contribution < 1.29 is 19.2 Å². The third-order valence-corrected chi connectivity index (χ3v) is 4.35. The molecule has 0 aliphatic carbocycles. The molecule has 0 amide bonds. The number of aromatic nitrogens is 1. The Kier molecular flexibility index (Phi) is 6.15. The van der Waals surface area contributed by atoms with Crippen LogP contribution in [0, 0.1) is 24.0 Å². The van der Waals surface area contributed by atoms with Crippen molar-refractivity contribution in [2.45, 2.75) is 33.7 Å². The molecule has 8 heteroatoms. The van der Waals surface area contributed by atoms with Gasteiger partial charge in [-0.15, -0.1) is 0 Å². The lowest BCUT2D eigenvalue weighted by molar-refractivity contribution is -0.384. The van der Waals surface area contributed by atoms with Gasteiger partial charge in [-0.2, -0.15) is 0 Å². The minimum Gasteiger partial charge on any atom is -0.454 e. The Morgan fingerprint density at radius 1 is 1.27 bits per heavy atom. The third-order valence-electron chi connectivity index (χ3n) is 4.03. The Balaban J connectivity index is 2.10. The molecule has 0 bridgehead atoms. The maximum absolute atomic E-state index is 12.4. The fraction of sp³-hybridized carbons (Fsp3) is 0.333. The van der Waals surface area contributed by atoms with Crippen molar-refractivity contribution in [1.29, 1.82) is 0 Å². The number of esters is 1. The first-order valence-corrected chi connectivity index (χ1v) is 8.45. The van der Waals surface area contributed by atoms with Gasteiger partial charge >= 0.3 is 5.97 Å². The molecule has 1 aromatic heterocycles. The summed E-state index contributed by atoms with van der Waals surface area (Å²) in [5.74, 6) is -1.14. The molecule has 7 nitrogen and oxygen atoms in total. The maximum atomic E-state index is 12.4. The Hall–Kier alpha value is -2.67. The van der Waals surface area contributed by atoms with Gasteiger partial charge in [-0.3, -0.25) is 14.9 Å². The van der Waals surface area contributed by atoms with Crippen LogP contribution in [0.4, 0.5) is 5.69 Å². The summed E-state index contributed by atoms with van der Waals surface area (Å²) in [5, 5.41) is 10.8. The molecule has 0 aliphatic heterocycles. The number of carbonyl (C=O) groups excluding carboxylic acids is 2. The van der Waals surface area contributed by atoms with Crippen LogP contribution in [0.15, 0.2) is 24.3 Å². The maximum Gasteiger partial charge on any atom is 0.338 e. The van der Waals surface area contributed by atoms with E-state index in [-0.39, 0.29) is 16.4 Å². The van der Waals surface area contributed by atoms with Gasteiger partial charge in [-0.05, 0) is 38.5 Å². The van der Waals surface area contributed by atoms with Gasteiger partial charge in [0.15, 0.2) is 6.61 Å². The first kappa shape index (κ1) is 19.7. The van der Waals surface area contributed by atoms with Gasteiger partial charge in [0.1, 0.15) is 5.02 Å². The monoisotopic (exact) mass is 378 g/mol. The molecule has 0 fully saturated rings. The molecule has 26 heavy (non-hydrogen) atoms. The summed E-state index contributed by atoms with van der Waals surface area (Å²) in [4.78, 5) is 34.7. The molecule has 2 rings (SSSR count). The number of Topliss-reactive ketones (excluding diaryl/α,β-unsaturated/α-hetero) is 1. The van der Waals surface area contributed by atoms with Crippen LogP contribution in [0.1, 0.15) is 45.4 Å². The van der Waals surface area contributed by atoms with Crippen LogP contribution in [0.25, 0.3) is 0 Å². The zero-order chi connectivity index (χ0) is 19.4. The largest absolute Gasteiger partial charge is 0.454 e. The standard InChI is InChI=1S/C18H19ClN2O5/c1-4-7-20-11(2)8-14(12(20)3)17(22)10-26-18(23)13-5-6-15(19)16(9-13)21(24)25/h5-6,8-9H,4,7,10H2,1-3H3. The second kappa shape index (κ2) is 8.14. The Bertz CT molecular complexity index is 873. The van der Waals surface area contributed by atoms with Crippen molar-refractivity contribution in [2.75, 3.05) is 6.61 Å². The van der Waals surface area contributed by atoms with Gasteiger partial charge in [0, 0.05) is 29.6 Å². The summed E-state index contributed by atoms with van der Waals surface area (Å²) < 4.78 is 7.06. The number of halogens is 1. The van der Waals surface area contributed by atoms with Gasteiger partial charge in [0.2, 0.25) is 5.78 Å². The third kappa shape index (κ3) is 4.11. The minimum absolute atomic E-state index is 0.0367. The van der Waals surface area contributed by atoms with Crippen LogP contribution in [0.5, 0.6) is 0 Å². The van der Waals surface area contributed by atoms with E-state index in [9.17, 15) is 19.7 Å². The molecule has 1 aromatic carbocycles. The zero-order valence-corrected chi connectivity index (χ0v) is 15.5. The molecule has 2 aromatic rings. The van der Waals surface area contributed by atoms with Crippen molar-refractivity contribution in [3.8, 4) is 0 Å². The molecule has 0 spiro atoms. The zero-order valence-electron chi connectivity index (χ0n) is 14.7. The number of ketones is 1. The molecule has 138 valence electrons. The first-order chi connectivity index (χ1) is 12.3. The minimum atomic E-state index is -0.819. The highest BCUT2D eigenvalue weighted by atomic mass is 35.5. The Morgan fingerprint density at radius 3 is 2.58 bits per heavy atom. The lowest BCUT2D eigenvalue weighted by Gasteiger charge is -2.08. The van der Waals surface area contributed by atoms with Gasteiger partial charge in [0.25, 0.3) is 5.69 Å². The van der Waals surface area contributed by atoms with E-state index in [1.807, 2.05) is 25.3 Å². The van der Waals surface area contributed by atoms with E-state index in [0.717, 1.165) is 30.4 Å². The van der Waals surface area contributed by atoms with Gasteiger partial charge in [-0.1, -0.05) is 18.5 Å². The van der Waals surface area contributed by atoms with Crippen LogP contribution in [0.3, 0.4) is 0 Å². The summed E-state index contributed by atoms with van der Waals surface area (Å²) >= 11 is 5.71. The van der Waals surface area contributed by atoms with Crippen molar-refractivity contribution in [2.24, 2.45) is 0 Å². The SMILES string of the molecule is CCCn1c(C)cc(C(=O)COC(=O)c2ccc(Cl)c([N+](=O)[O-])c2)c1C. The number of nitro groups is 1. The molecule has 0 atom stereocenters. The van der Waals surface area contributed by atoms with E-state index in [4.69, 9.17) is 16.3 Å². The highest BCUT2D eigenvalue weighted by Gasteiger charge is 2.20. The van der Waals surface area contributed by atoms with Crippen LogP contribution in [-0.4, -0.2) is 27.8 Å². The summed E-state index contributed by atoms with van der Waals surface area (Å²) in [6, 6.07) is 5.36. The predicted octanol–water partition coefficient (Wildman–Crippen LogP) is 4.12. The van der Waals surface area contributed by atoms with E-state index in [0.29, 0.717) is 5.56 Å². The highest BCUT2D eigenvalue weighted by molar-refractivity contribution is 6.32. The topological polar surface area (TPSA) is 91.4 Å². The quantitative estimate of drug-likeness (QED) is 0.313. The molecule has 0 unspecified atom stereocenters. The van der Waals surface area contributed by atoms with Gasteiger partial charge in [-0.25, -0.2) is 4.79 Å². The van der Waals surface area contributed by atoms with E-state index in [2.05, 4.69) is 0 Å². The first-order valence-electron chi connectivity index (χ1n) is 8.07. The molecular weight excluding hydrogens is 360 g/mol. The number of hydrogen-bond donors (Lipinski definition) is 0. The number of aryl methyl sites for hydroxylation is 1. The molecule has 0 aliphatic rings. The molecule has 1 heterocycles. The molecule has 0 saturated carbocycles. The second-order valence-corrected chi connectivity index (χ2v) is 6.27. The number of ether oxygens (including phenoxy) is 1. The van der Waals surface area contributed by atoms with Crippen LogP contribution in [0.2, 0.25) is 5.02 Å². The summed E-state index contributed by atoms with van der Waals surface area (Å²) in [5.41, 5.74) is 1.87. The molecular formula is C18H19ClN2O5. The van der Waals surface area contributed by atoms with Crippen molar-refractivity contribution >= 4 is 29.0 Å². The van der Waals surface area contributed by atoms with Crippen LogP contribution in [-0.2, 0) is 11.3 Å². The number of benzene rings is 1. The predicted molar refractivity (Wildman–Crippen MR) is 96.9 cm³/mol. The van der Waals surface area contributed by atoms with Gasteiger partial charge < -0.3 is 9.30 Å². The molecule has 0 saturated heterocycles. The van der Waals surface area contributed by atoms with E-state index in [1.54, 1.807) is 6.07 Å². The van der Waals surface area contributed by atoms with Gasteiger partial charge in [0.05, 0.1) is 10.5 Å². The number of nitro benzene ring substituents is 1. The summed E-state index contributed by atoms with van der Waals surface area (Å²) in [6.07, 6.45) is 0.939. The summed E-state index contributed by atoms with van der Waals surface area (Å²) in [7, 11) is 0. The van der Waals surface area contributed by atoms with E-state index >= 15 is 0 Å². The fourth-order valence-electron chi connectivity index (χ4n) is 2.72. The van der Waals surface area contributed by atoms with Crippen molar-refractivity contribution in [1.82, 2.24) is 4.57 Å². The van der Waals surface area contributed by atoms with Crippen LogP contribution < -0.4 is 0 Å². The van der Waals surface area contributed by atoms with Crippen molar-refractivity contribution in [3.63, 3.8) is 0 Å². The smallest absolute Gasteiger partial charge is 0.338 e. The number of carbonyl (C=O) groups is 2. The van der Waals surface area contributed by atoms with Crippen molar-refractivity contribution in [3.05, 3.63) is 61.9 Å². The Labute approximate surface area is 155 Å². The average molecular weight is 379 g/mol. The lowest BCUT2D eigenvalue weighted by atomic mass is 10.1.